The molecule has 0 saturated heterocycles. The molecule has 0 spiro atoms. The van der Waals surface area contributed by atoms with E-state index < -0.39 is 5.97 Å². The number of carboxylic acids is 1. The molecular formula is C15H14O4. The molecule has 0 aliphatic heterocycles. The highest BCUT2D eigenvalue weighted by atomic mass is 16.5. The van der Waals surface area contributed by atoms with Crippen LogP contribution in [0.25, 0.3) is 0 Å². The first kappa shape index (κ1) is 13.0. The standard InChI is InChI=1S/C15H14O4/c16-13-7-6-12(8-15(17)18)14(9-13)19-10-11-4-2-1-3-5-11/h1-7,9,16H,8,10H2,(H,17,18). The van der Waals surface area contributed by atoms with Crippen molar-refractivity contribution in [1.82, 2.24) is 0 Å². The first-order valence-corrected chi connectivity index (χ1v) is 5.85. The van der Waals surface area contributed by atoms with Crippen molar-refractivity contribution in [3.05, 3.63) is 59.7 Å². The van der Waals surface area contributed by atoms with E-state index in [0.29, 0.717) is 17.9 Å². The van der Waals surface area contributed by atoms with Gasteiger partial charge in [-0.1, -0.05) is 36.4 Å². The van der Waals surface area contributed by atoms with Gasteiger partial charge in [-0.25, -0.2) is 0 Å². The maximum absolute atomic E-state index is 10.8. The van der Waals surface area contributed by atoms with Gasteiger partial charge in [0.05, 0.1) is 6.42 Å². The zero-order valence-electron chi connectivity index (χ0n) is 10.2. The Labute approximate surface area is 110 Å². The Morgan fingerprint density at radius 1 is 1.11 bits per heavy atom. The van der Waals surface area contributed by atoms with Crippen molar-refractivity contribution in [2.45, 2.75) is 13.0 Å². The van der Waals surface area contributed by atoms with E-state index in [1.54, 1.807) is 6.07 Å². The third-order valence-corrected chi connectivity index (χ3v) is 2.63. The van der Waals surface area contributed by atoms with E-state index in [1.165, 1.54) is 12.1 Å². The van der Waals surface area contributed by atoms with Crippen molar-refractivity contribution in [2.24, 2.45) is 0 Å². The number of aromatic hydroxyl groups is 1. The van der Waals surface area contributed by atoms with E-state index >= 15 is 0 Å². The molecule has 4 nitrogen and oxygen atoms in total. The molecule has 19 heavy (non-hydrogen) atoms. The fourth-order valence-corrected chi connectivity index (χ4v) is 1.72. The SMILES string of the molecule is O=C(O)Cc1ccc(O)cc1OCc1ccccc1. The van der Waals surface area contributed by atoms with Crippen LogP contribution in [0, 0.1) is 0 Å². The molecule has 0 fully saturated rings. The monoisotopic (exact) mass is 258 g/mol. The highest BCUT2D eigenvalue weighted by molar-refractivity contribution is 5.71. The van der Waals surface area contributed by atoms with Crippen LogP contribution in [0.1, 0.15) is 11.1 Å². The molecule has 0 aromatic heterocycles. The lowest BCUT2D eigenvalue weighted by atomic mass is 10.1. The van der Waals surface area contributed by atoms with Gasteiger partial charge in [0.1, 0.15) is 18.1 Å². The van der Waals surface area contributed by atoms with Crippen LogP contribution in [0.15, 0.2) is 48.5 Å². The minimum atomic E-state index is -0.935. The van der Waals surface area contributed by atoms with Crippen molar-refractivity contribution in [2.75, 3.05) is 0 Å². The van der Waals surface area contributed by atoms with Gasteiger partial charge in [0.25, 0.3) is 0 Å². The lowest BCUT2D eigenvalue weighted by molar-refractivity contribution is -0.136. The second-order valence-electron chi connectivity index (χ2n) is 4.14. The summed E-state index contributed by atoms with van der Waals surface area (Å²) < 4.78 is 5.58. The molecule has 0 heterocycles. The van der Waals surface area contributed by atoms with Crippen molar-refractivity contribution >= 4 is 5.97 Å². The molecule has 0 unspecified atom stereocenters. The normalized spacial score (nSPS) is 10.1. The number of carbonyl (C=O) groups is 1. The highest BCUT2D eigenvalue weighted by Crippen LogP contribution is 2.25. The topological polar surface area (TPSA) is 66.8 Å². The van der Waals surface area contributed by atoms with E-state index in [1.807, 2.05) is 30.3 Å². The molecule has 0 amide bonds. The molecule has 0 aliphatic carbocycles. The average Bonchev–Trinajstić information content (AvgIpc) is 2.40. The van der Waals surface area contributed by atoms with Crippen molar-refractivity contribution < 1.29 is 19.7 Å². The van der Waals surface area contributed by atoms with Gasteiger partial charge < -0.3 is 14.9 Å². The molecule has 0 atom stereocenters. The number of carboxylic acid groups (broad SMARTS) is 1. The lowest BCUT2D eigenvalue weighted by Crippen LogP contribution is -2.04. The third-order valence-electron chi connectivity index (χ3n) is 2.63. The molecule has 2 rings (SSSR count). The first-order chi connectivity index (χ1) is 9.15. The molecule has 2 aromatic rings. The van der Waals surface area contributed by atoms with Gasteiger partial charge in [-0.3, -0.25) is 4.79 Å². The van der Waals surface area contributed by atoms with Gasteiger partial charge in [-0.2, -0.15) is 0 Å². The number of phenolic OH excluding ortho intramolecular Hbond substituents is 1. The number of phenols is 1. The summed E-state index contributed by atoms with van der Waals surface area (Å²) in [6.07, 6.45) is -0.135. The Kier molecular flexibility index (Phi) is 4.03. The Balaban J connectivity index is 2.14. The minimum absolute atomic E-state index is 0.0530. The Morgan fingerprint density at radius 2 is 1.84 bits per heavy atom. The second-order valence-corrected chi connectivity index (χ2v) is 4.14. The number of ether oxygens (including phenoxy) is 1. The molecule has 2 N–H and O–H groups in total. The summed E-state index contributed by atoms with van der Waals surface area (Å²) in [6, 6.07) is 14.0. The fraction of sp³-hybridized carbons (Fsp3) is 0.133. The van der Waals surface area contributed by atoms with Crippen LogP contribution in [0.3, 0.4) is 0 Å². The largest absolute Gasteiger partial charge is 0.508 e. The summed E-state index contributed by atoms with van der Waals surface area (Å²) >= 11 is 0. The molecular weight excluding hydrogens is 244 g/mol. The fourth-order valence-electron chi connectivity index (χ4n) is 1.72. The van der Waals surface area contributed by atoms with E-state index in [4.69, 9.17) is 9.84 Å². The molecule has 0 aliphatic rings. The van der Waals surface area contributed by atoms with Crippen LogP contribution in [-0.4, -0.2) is 16.2 Å². The van der Waals surface area contributed by atoms with Gasteiger partial charge in [0.15, 0.2) is 0 Å². The summed E-state index contributed by atoms with van der Waals surface area (Å²) in [4.78, 5) is 10.8. The average molecular weight is 258 g/mol. The zero-order chi connectivity index (χ0) is 13.7. The number of rotatable bonds is 5. The van der Waals surface area contributed by atoms with Gasteiger partial charge >= 0.3 is 5.97 Å². The highest BCUT2D eigenvalue weighted by Gasteiger charge is 2.09. The van der Waals surface area contributed by atoms with Gasteiger partial charge in [-0.05, 0) is 11.6 Å². The predicted octanol–water partition coefficient (Wildman–Crippen LogP) is 2.60. The Morgan fingerprint density at radius 3 is 2.53 bits per heavy atom. The molecule has 0 radical (unpaired) electrons. The zero-order valence-corrected chi connectivity index (χ0v) is 10.2. The second kappa shape index (κ2) is 5.91. The summed E-state index contributed by atoms with van der Waals surface area (Å²) in [7, 11) is 0. The van der Waals surface area contributed by atoms with Crippen LogP contribution in [-0.2, 0) is 17.8 Å². The van der Waals surface area contributed by atoms with E-state index in [-0.39, 0.29) is 12.2 Å². The summed E-state index contributed by atoms with van der Waals surface area (Å²) in [5.74, 6) is -0.487. The van der Waals surface area contributed by atoms with Crippen molar-refractivity contribution in [3.63, 3.8) is 0 Å². The summed E-state index contributed by atoms with van der Waals surface area (Å²) in [5, 5.41) is 18.3. The summed E-state index contributed by atoms with van der Waals surface area (Å²) in [6.45, 7) is 0.330. The Hall–Kier alpha value is -2.49. The van der Waals surface area contributed by atoms with E-state index in [9.17, 15) is 9.90 Å². The van der Waals surface area contributed by atoms with Gasteiger partial charge in [0.2, 0.25) is 0 Å². The number of hydrogen-bond acceptors (Lipinski definition) is 3. The van der Waals surface area contributed by atoms with Crippen LogP contribution < -0.4 is 4.74 Å². The number of hydrogen-bond donors (Lipinski definition) is 2. The predicted molar refractivity (Wildman–Crippen MR) is 70.2 cm³/mol. The van der Waals surface area contributed by atoms with Crippen LogP contribution in [0.5, 0.6) is 11.5 Å². The van der Waals surface area contributed by atoms with E-state index in [0.717, 1.165) is 5.56 Å². The van der Waals surface area contributed by atoms with Crippen LogP contribution in [0.4, 0.5) is 0 Å². The minimum Gasteiger partial charge on any atom is -0.508 e. The third kappa shape index (κ3) is 3.74. The molecule has 4 heteroatoms. The van der Waals surface area contributed by atoms with Gasteiger partial charge in [-0.15, -0.1) is 0 Å². The van der Waals surface area contributed by atoms with Crippen LogP contribution >= 0.6 is 0 Å². The molecule has 2 aromatic carbocycles. The maximum atomic E-state index is 10.8. The van der Waals surface area contributed by atoms with E-state index in [2.05, 4.69) is 0 Å². The van der Waals surface area contributed by atoms with Crippen molar-refractivity contribution in [1.29, 1.82) is 0 Å². The summed E-state index contributed by atoms with van der Waals surface area (Å²) in [5.41, 5.74) is 1.52. The smallest absolute Gasteiger partial charge is 0.307 e. The molecule has 0 saturated carbocycles. The quantitative estimate of drug-likeness (QED) is 0.865. The molecule has 98 valence electrons. The van der Waals surface area contributed by atoms with Gasteiger partial charge in [0, 0.05) is 11.6 Å². The first-order valence-electron chi connectivity index (χ1n) is 5.85. The molecule has 0 bridgehead atoms. The lowest BCUT2D eigenvalue weighted by Gasteiger charge is -2.11. The van der Waals surface area contributed by atoms with Crippen molar-refractivity contribution in [3.8, 4) is 11.5 Å². The Bertz CT molecular complexity index is 564. The number of benzene rings is 2. The van der Waals surface area contributed by atoms with Crippen LogP contribution in [0.2, 0.25) is 0 Å². The number of aliphatic carboxylic acids is 1. The maximum Gasteiger partial charge on any atom is 0.307 e.